The second-order valence-electron chi connectivity index (χ2n) is 6.62. The third-order valence-corrected chi connectivity index (χ3v) is 5.77. The lowest BCUT2D eigenvalue weighted by Gasteiger charge is -2.14. The molecule has 2 unspecified atom stereocenters. The van der Waals surface area contributed by atoms with Crippen molar-refractivity contribution < 1.29 is 4.79 Å². The third-order valence-electron chi connectivity index (χ3n) is 4.61. The van der Waals surface area contributed by atoms with Crippen LogP contribution in [0.3, 0.4) is 0 Å². The number of pyridine rings is 1. The van der Waals surface area contributed by atoms with Gasteiger partial charge in [-0.05, 0) is 24.7 Å². The van der Waals surface area contributed by atoms with Gasteiger partial charge in [0, 0.05) is 24.1 Å². The molecule has 0 aliphatic carbocycles. The van der Waals surface area contributed by atoms with Crippen LogP contribution in [0, 0.1) is 0 Å². The Morgan fingerprint density at radius 3 is 2.96 bits per heavy atom. The normalized spacial score (nSPS) is 17.6. The van der Waals surface area contributed by atoms with Crippen molar-refractivity contribution in [2.24, 2.45) is 0 Å². The van der Waals surface area contributed by atoms with Gasteiger partial charge in [-0.25, -0.2) is 9.78 Å². The number of hydrogen-bond donors (Lipinski definition) is 4. The molecule has 1 fully saturated rings. The average molecular weight is 382 g/mol. The van der Waals surface area contributed by atoms with Crippen molar-refractivity contribution in [2.45, 2.75) is 25.4 Å². The SMILES string of the molecule is CC(NC(=O)Nc1cc2[nH]nc(NC3CCSC3)c2cn1)c1ccccc1. The molecule has 4 rings (SSSR count). The van der Waals surface area contributed by atoms with Gasteiger partial charge in [0.1, 0.15) is 5.82 Å². The Balaban J connectivity index is 1.41. The predicted octanol–water partition coefficient (Wildman–Crippen LogP) is 3.76. The van der Waals surface area contributed by atoms with Crippen LogP contribution < -0.4 is 16.0 Å². The zero-order valence-electron chi connectivity index (χ0n) is 15.0. The molecule has 2 aromatic heterocycles. The zero-order valence-corrected chi connectivity index (χ0v) is 15.8. The van der Waals surface area contributed by atoms with Crippen LogP contribution in [-0.4, -0.2) is 38.8 Å². The topological polar surface area (TPSA) is 94.7 Å². The van der Waals surface area contributed by atoms with Crippen LogP contribution in [-0.2, 0) is 0 Å². The van der Waals surface area contributed by atoms with Gasteiger partial charge in [-0.15, -0.1) is 0 Å². The fraction of sp³-hybridized carbons (Fsp3) is 0.316. The number of hydrogen-bond acceptors (Lipinski definition) is 5. The van der Waals surface area contributed by atoms with Gasteiger partial charge in [0.05, 0.1) is 16.9 Å². The maximum Gasteiger partial charge on any atom is 0.320 e. The van der Waals surface area contributed by atoms with Crippen LogP contribution in [0.1, 0.15) is 24.9 Å². The minimum atomic E-state index is -0.293. The molecule has 2 atom stereocenters. The Labute approximate surface area is 161 Å². The molecule has 4 N–H and O–H groups in total. The summed E-state index contributed by atoms with van der Waals surface area (Å²) in [5.41, 5.74) is 1.88. The predicted molar refractivity (Wildman–Crippen MR) is 110 cm³/mol. The maximum atomic E-state index is 12.3. The molecular weight excluding hydrogens is 360 g/mol. The molecular formula is C19H22N6OS. The number of urea groups is 1. The quantitative estimate of drug-likeness (QED) is 0.539. The second kappa shape index (κ2) is 7.87. The molecule has 8 heteroatoms. The lowest BCUT2D eigenvalue weighted by molar-refractivity contribution is 0.249. The van der Waals surface area contributed by atoms with E-state index in [1.54, 1.807) is 12.3 Å². The number of thioether (sulfide) groups is 1. The standard InChI is InChI=1S/C19H22N6OS/c1-12(13-5-3-2-4-6-13)21-19(26)23-17-9-16-15(10-20-17)18(25-24-16)22-14-7-8-27-11-14/h2-6,9-10,12,14H,7-8,11H2,1H3,(H2,22,24,25)(H2,20,21,23,26). The van der Waals surface area contributed by atoms with E-state index in [0.29, 0.717) is 11.9 Å². The van der Waals surface area contributed by atoms with Crippen LogP contribution >= 0.6 is 11.8 Å². The first-order chi connectivity index (χ1) is 13.2. The molecule has 140 valence electrons. The summed E-state index contributed by atoms with van der Waals surface area (Å²) < 4.78 is 0. The minimum Gasteiger partial charge on any atom is -0.364 e. The first-order valence-corrected chi connectivity index (χ1v) is 10.2. The van der Waals surface area contributed by atoms with Crippen LogP contribution in [0.5, 0.6) is 0 Å². The Morgan fingerprint density at radius 1 is 1.33 bits per heavy atom. The van der Waals surface area contributed by atoms with Gasteiger partial charge in [0.25, 0.3) is 0 Å². The lowest BCUT2D eigenvalue weighted by atomic mass is 10.1. The average Bonchev–Trinajstić information content (AvgIpc) is 3.33. The van der Waals surface area contributed by atoms with E-state index < -0.39 is 0 Å². The van der Waals surface area contributed by atoms with Crippen molar-refractivity contribution >= 4 is 40.3 Å². The molecule has 1 aliphatic heterocycles. The molecule has 2 amide bonds. The van der Waals surface area contributed by atoms with Gasteiger partial charge in [-0.2, -0.15) is 16.9 Å². The number of anilines is 2. The molecule has 0 bridgehead atoms. The van der Waals surface area contributed by atoms with Crippen molar-refractivity contribution in [1.29, 1.82) is 0 Å². The largest absolute Gasteiger partial charge is 0.364 e. The number of carbonyl (C=O) groups is 1. The summed E-state index contributed by atoms with van der Waals surface area (Å²) in [6.07, 6.45) is 2.88. The van der Waals surface area contributed by atoms with E-state index in [9.17, 15) is 4.79 Å². The highest BCUT2D eigenvalue weighted by Gasteiger charge is 2.18. The number of aromatic amines is 1. The number of aromatic nitrogens is 3. The number of H-pyrrole nitrogens is 1. The van der Waals surface area contributed by atoms with E-state index in [1.165, 1.54) is 5.75 Å². The van der Waals surface area contributed by atoms with Crippen molar-refractivity contribution in [3.63, 3.8) is 0 Å². The van der Waals surface area contributed by atoms with E-state index >= 15 is 0 Å². The number of nitrogens with one attached hydrogen (secondary N) is 4. The van der Waals surface area contributed by atoms with Gasteiger partial charge in [0.2, 0.25) is 0 Å². The van der Waals surface area contributed by atoms with Crippen molar-refractivity contribution in [3.05, 3.63) is 48.2 Å². The maximum absolute atomic E-state index is 12.3. The fourth-order valence-corrected chi connectivity index (χ4v) is 4.26. The smallest absolute Gasteiger partial charge is 0.320 e. The highest BCUT2D eigenvalue weighted by molar-refractivity contribution is 7.99. The molecule has 0 saturated carbocycles. The summed E-state index contributed by atoms with van der Waals surface area (Å²) >= 11 is 1.95. The van der Waals surface area contributed by atoms with Crippen LogP contribution in [0.2, 0.25) is 0 Å². The minimum absolute atomic E-state index is 0.0952. The van der Waals surface area contributed by atoms with Crippen LogP contribution in [0.4, 0.5) is 16.4 Å². The van der Waals surface area contributed by atoms with Gasteiger partial charge in [-0.1, -0.05) is 30.3 Å². The molecule has 7 nitrogen and oxygen atoms in total. The summed E-state index contributed by atoms with van der Waals surface area (Å²) in [5.74, 6) is 3.58. The molecule has 3 aromatic rings. The third kappa shape index (κ3) is 4.16. The number of nitrogens with zero attached hydrogens (tertiary/aromatic N) is 2. The van der Waals surface area contributed by atoms with Crippen LogP contribution in [0.15, 0.2) is 42.6 Å². The van der Waals surface area contributed by atoms with E-state index in [0.717, 1.165) is 34.5 Å². The Hall–Kier alpha value is -2.74. The molecule has 27 heavy (non-hydrogen) atoms. The van der Waals surface area contributed by atoms with Crippen molar-refractivity contribution in [2.75, 3.05) is 22.1 Å². The van der Waals surface area contributed by atoms with Gasteiger partial charge >= 0.3 is 6.03 Å². The monoisotopic (exact) mass is 382 g/mol. The van der Waals surface area contributed by atoms with Crippen molar-refractivity contribution in [3.8, 4) is 0 Å². The van der Waals surface area contributed by atoms with Crippen molar-refractivity contribution in [1.82, 2.24) is 20.5 Å². The molecule has 0 radical (unpaired) electrons. The van der Waals surface area contributed by atoms with E-state index in [2.05, 4.69) is 31.1 Å². The van der Waals surface area contributed by atoms with E-state index in [1.807, 2.05) is 49.0 Å². The van der Waals surface area contributed by atoms with Gasteiger partial charge in [-0.3, -0.25) is 10.4 Å². The molecule has 1 aliphatic rings. The number of rotatable bonds is 5. The fourth-order valence-electron chi connectivity index (χ4n) is 3.11. The van der Waals surface area contributed by atoms with Gasteiger partial charge < -0.3 is 10.6 Å². The first-order valence-electron chi connectivity index (χ1n) is 9.00. The molecule has 3 heterocycles. The first kappa shape index (κ1) is 17.7. The number of carbonyl (C=O) groups excluding carboxylic acids is 1. The zero-order chi connectivity index (χ0) is 18.6. The van der Waals surface area contributed by atoms with Crippen LogP contribution in [0.25, 0.3) is 10.9 Å². The summed E-state index contributed by atoms with van der Waals surface area (Å²) in [7, 11) is 0. The highest BCUT2D eigenvalue weighted by Crippen LogP contribution is 2.26. The lowest BCUT2D eigenvalue weighted by Crippen LogP contribution is -2.31. The number of benzene rings is 1. The Kier molecular flexibility index (Phi) is 5.15. The summed E-state index contributed by atoms with van der Waals surface area (Å²) in [6.45, 7) is 1.94. The Bertz CT molecular complexity index is 922. The molecule has 1 aromatic carbocycles. The number of amides is 2. The molecule has 1 saturated heterocycles. The summed E-state index contributed by atoms with van der Waals surface area (Å²) in [5, 5.41) is 17.5. The highest BCUT2D eigenvalue weighted by atomic mass is 32.2. The summed E-state index contributed by atoms with van der Waals surface area (Å²) in [6, 6.07) is 11.7. The summed E-state index contributed by atoms with van der Waals surface area (Å²) in [4.78, 5) is 16.6. The van der Waals surface area contributed by atoms with E-state index in [4.69, 9.17) is 0 Å². The van der Waals surface area contributed by atoms with E-state index in [-0.39, 0.29) is 12.1 Å². The van der Waals surface area contributed by atoms with Gasteiger partial charge in [0.15, 0.2) is 5.82 Å². The number of fused-ring (bicyclic) bond motifs is 1. The second-order valence-corrected chi connectivity index (χ2v) is 7.77. The molecule has 0 spiro atoms. The Morgan fingerprint density at radius 2 is 2.19 bits per heavy atom.